The lowest BCUT2D eigenvalue weighted by Gasteiger charge is -2.01. The molecule has 1 aromatic heterocycles. The highest BCUT2D eigenvalue weighted by Crippen LogP contribution is 2.24. The van der Waals surface area contributed by atoms with Gasteiger partial charge in [0.05, 0.1) is 11.9 Å². The van der Waals surface area contributed by atoms with Crippen LogP contribution in [0, 0.1) is 13.8 Å². The van der Waals surface area contributed by atoms with Crippen molar-refractivity contribution in [3.63, 3.8) is 0 Å². The van der Waals surface area contributed by atoms with E-state index in [1.807, 2.05) is 32.0 Å². The molecule has 0 spiro atoms. The molecule has 3 rings (SSSR count). The summed E-state index contributed by atoms with van der Waals surface area (Å²) in [5.41, 5.74) is 7.13. The van der Waals surface area contributed by atoms with Crippen LogP contribution in [0.5, 0.6) is 11.5 Å². The summed E-state index contributed by atoms with van der Waals surface area (Å²) in [7, 11) is 0. The van der Waals surface area contributed by atoms with Crippen LogP contribution in [0.4, 0.5) is 0 Å². The van der Waals surface area contributed by atoms with Crippen molar-refractivity contribution in [2.24, 2.45) is 5.10 Å². The molecule has 0 aliphatic carbocycles. The highest BCUT2D eigenvalue weighted by Gasteiger charge is 2.11. The van der Waals surface area contributed by atoms with Gasteiger partial charge in [0, 0.05) is 5.56 Å². The lowest BCUT2D eigenvalue weighted by molar-refractivity contribution is 0.0950. The molecule has 0 fully saturated rings. The average Bonchev–Trinajstić information content (AvgIpc) is 3.10. The van der Waals surface area contributed by atoms with E-state index in [4.69, 9.17) is 0 Å². The maximum Gasteiger partial charge on any atom is 0.289 e. The smallest absolute Gasteiger partial charge is 0.289 e. The molecule has 0 aliphatic heterocycles. The molecule has 0 bridgehead atoms. The summed E-state index contributed by atoms with van der Waals surface area (Å²) in [5.74, 6) is -0.916. The van der Waals surface area contributed by atoms with E-state index < -0.39 is 5.91 Å². The Labute approximate surface area is 150 Å². The van der Waals surface area contributed by atoms with Gasteiger partial charge in [0.15, 0.2) is 11.5 Å². The lowest BCUT2D eigenvalue weighted by Crippen LogP contribution is -2.17. The van der Waals surface area contributed by atoms with Crippen molar-refractivity contribution in [3.8, 4) is 22.8 Å². The van der Waals surface area contributed by atoms with Crippen molar-refractivity contribution in [2.45, 2.75) is 13.8 Å². The Morgan fingerprint density at radius 1 is 1.08 bits per heavy atom. The number of aromatic nitrogens is 2. The average molecular weight is 350 g/mol. The molecule has 4 N–H and O–H groups in total. The van der Waals surface area contributed by atoms with Gasteiger partial charge >= 0.3 is 0 Å². The Morgan fingerprint density at radius 3 is 2.62 bits per heavy atom. The molecule has 26 heavy (non-hydrogen) atoms. The van der Waals surface area contributed by atoms with Gasteiger partial charge in [0.2, 0.25) is 0 Å². The molecule has 2 aromatic carbocycles. The van der Waals surface area contributed by atoms with Crippen molar-refractivity contribution in [3.05, 3.63) is 64.8 Å². The number of hydrazone groups is 1. The Bertz CT molecular complexity index is 992. The Kier molecular flexibility index (Phi) is 4.70. The first kappa shape index (κ1) is 17.2. The third-order valence-electron chi connectivity index (χ3n) is 4.00. The highest BCUT2D eigenvalue weighted by atomic mass is 16.3. The van der Waals surface area contributed by atoms with E-state index in [2.05, 4.69) is 20.7 Å². The number of rotatable bonds is 4. The van der Waals surface area contributed by atoms with Gasteiger partial charge in [-0.1, -0.05) is 12.1 Å². The molecule has 0 atom stereocenters. The SMILES string of the molecule is Cc1ccc(-c2cc(C(=O)NN=Cc3ccc(O)c(O)c3)[nH]n2)cc1C. The van der Waals surface area contributed by atoms with E-state index in [-0.39, 0.29) is 17.2 Å². The van der Waals surface area contributed by atoms with Gasteiger partial charge in [-0.05, 0) is 60.9 Å². The molecular formula is C19H18N4O3. The normalized spacial score (nSPS) is 11.0. The summed E-state index contributed by atoms with van der Waals surface area (Å²) in [6.07, 6.45) is 1.36. The molecule has 0 saturated heterocycles. The molecule has 1 amide bonds. The number of benzene rings is 2. The van der Waals surface area contributed by atoms with E-state index in [0.29, 0.717) is 11.3 Å². The Balaban J connectivity index is 1.68. The van der Waals surface area contributed by atoms with Crippen LogP contribution in [0.25, 0.3) is 11.3 Å². The van der Waals surface area contributed by atoms with Gasteiger partial charge in [-0.25, -0.2) is 5.43 Å². The minimum Gasteiger partial charge on any atom is -0.504 e. The van der Waals surface area contributed by atoms with Crippen LogP contribution in [0.3, 0.4) is 0 Å². The first-order chi connectivity index (χ1) is 12.4. The number of carbonyl (C=O) groups excluding carboxylic acids is 1. The molecule has 7 nitrogen and oxygen atoms in total. The van der Waals surface area contributed by atoms with Crippen molar-refractivity contribution in [1.29, 1.82) is 0 Å². The second-order valence-corrected chi connectivity index (χ2v) is 5.91. The van der Waals surface area contributed by atoms with Crippen LogP contribution in [-0.2, 0) is 0 Å². The van der Waals surface area contributed by atoms with Gasteiger partial charge in [-0.3, -0.25) is 9.89 Å². The molecule has 132 valence electrons. The molecule has 3 aromatic rings. The third kappa shape index (κ3) is 3.72. The van der Waals surface area contributed by atoms with E-state index in [0.717, 1.165) is 11.1 Å². The van der Waals surface area contributed by atoms with E-state index >= 15 is 0 Å². The van der Waals surface area contributed by atoms with Crippen LogP contribution in [0.15, 0.2) is 47.6 Å². The zero-order chi connectivity index (χ0) is 18.7. The molecule has 1 heterocycles. The van der Waals surface area contributed by atoms with Crippen molar-refractivity contribution in [2.75, 3.05) is 0 Å². The third-order valence-corrected chi connectivity index (χ3v) is 4.00. The number of hydrogen-bond donors (Lipinski definition) is 4. The fourth-order valence-corrected chi connectivity index (χ4v) is 2.33. The molecule has 0 unspecified atom stereocenters. The van der Waals surface area contributed by atoms with E-state index in [1.54, 1.807) is 12.1 Å². The number of hydrogen-bond acceptors (Lipinski definition) is 5. The van der Waals surface area contributed by atoms with Gasteiger partial charge in [0.1, 0.15) is 5.69 Å². The maximum atomic E-state index is 12.1. The molecule has 7 heteroatoms. The number of aromatic hydroxyl groups is 2. The van der Waals surface area contributed by atoms with Gasteiger partial charge in [-0.15, -0.1) is 0 Å². The van der Waals surface area contributed by atoms with Crippen LogP contribution >= 0.6 is 0 Å². The lowest BCUT2D eigenvalue weighted by atomic mass is 10.0. The Morgan fingerprint density at radius 2 is 1.88 bits per heavy atom. The fourth-order valence-electron chi connectivity index (χ4n) is 2.33. The number of phenolic OH excluding ortho intramolecular Hbond substituents is 2. The van der Waals surface area contributed by atoms with Gasteiger partial charge in [0.25, 0.3) is 5.91 Å². The highest BCUT2D eigenvalue weighted by molar-refractivity contribution is 5.94. The van der Waals surface area contributed by atoms with Crippen molar-refractivity contribution < 1.29 is 15.0 Å². The number of nitrogens with one attached hydrogen (secondary N) is 2. The minimum atomic E-state index is -0.438. The number of phenols is 2. The first-order valence-electron chi connectivity index (χ1n) is 7.92. The zero-order valence-electron chi connectivity index (χ0n) is 14.3. The Hall–Kier alpha value is -3.61. The number of nitrogens with zero attached hydrogens (tertiary/aromatic N) is 2. The van der Waals surface area contributed by atoms with Gasteiger partial charge < -0.3 is 10.2 Å². The maximum absolute atomic E-state index is 12.1. The molecular weight excluding hydrogens is 332 g/mol. The molecule has 0 aliphatic rings. The predicted molar refractivity (Wildman–Crippen MR) is 98.3 cm³/mol. The minimum absolute atomic E-state index is 0.220. The van der Waals surface area contributed by atoms with Crippen LogP contribution in [-0.4, -0.2) is 32.5 Å². The van der Waals surface area contributed by atoms with E-state index in [9.17, 15) is 15.0 Å². The van der Waals surface area contributed by atoms with Gasteiger partial charge in [-0.2, -0.15) is 10.2 Å². The number of amides is 1. The standard InChI is InChI=1S/C19H18N4O3/c1-11-3-5-14(7-12(11)2)15-9-16(22-21-15)19(26)23-20-10-13-4-6-17(24)18(25)8-13/h3-10,24-25H,1-2H3,(H,21,22)(H,23,26). The second-order valence-electron chi connectivity index (χ2n) is 5.91. The number of carbonyl (C=O) groups is 1. The van der Waals surface area contributed by atoms with Crippen molar-refractivity contribution in [1.82, 2.24) is 15.6 Å². The number of H-pyrrole nitrogens is 1. The van der Waals surface area contributed by atoms with Crippen LogP contribution in [0.1, 0.15) is 27.2 Å². The molecule has 0 radical (unpaired) electrons. The number of aromatic amines is 1. The fraction of sp³-hybridized carbons (Fsp3) is 0.105. The van der Waals surface area contributed by atoms with Crippen LogP contribution in [0.2, 0.25) is 0 Å². The summed E-state index contributed by atoms with van der Waals surface area (Å²) >= 11 is 0. The topological polar surface area (TPSA) is 111 Å². The summed E-state index contributed by atoms with van der Waals surface area (Å²) in [6.45, 7) is 4.06. The molecule has 0 saturated carbocycles. The van der Waals surface area contributed by atoms with Crippen LogP contribution < -0.4 is 5.43 Å². The number of aryl methyl sites for hydroxylation is 2. The monoisotopic (exact) mass is 350 g/mol. The first-order valence-corrected chi connectivity index (χ1v) is 7.92. The summed E-state index contributed by atoms with van der Waals surface area (Å²) in [5, 5.41) is 29.4. The summed E-state index contributed by atoms with van der Waals surface area (Å²) < 4.78 is 0. The zero-order valence-corrected chi connectivity index (χ0v) is 14.3. The quantitative estimate of drug-likeness (QED) is 0.329. The summed E-state index contributed by atoms with van der Waals surface area (Å²) in [4.78, 5) is 12.1. The predicted octanol–water partition coefficient (Wildman–Crippen LogP) is 2.87. The second kappa shape index (κ2) is 7.10. The van der Waals surface area contributed by atoms with Crippen molar-refractivity contribution >= 4 is 12.1 Å². The summed E-state index contributed by atoms with van der Waals surface area (Å²) in [6, 6.07) is 11.9. The van der Waals surface area contributed by atoms with E-state index in [1.165, 1.54) is 23.9 Å². The largest absolute Gasteiger partial charge is 0.504 e.